The zero-order chi connectivity index (χ0) is 15.0. The molecule has 2 aromatic carbocycles. The van der Waals surface area contributed by atoms with Crippen LogP contribution in [0.1, 0.15) is 22.3 Å². The summed E-state index contributed by atoms with van der Waals surface area (Å²) in [6, 6.07) is 13.8. The van der Waals surface area contributed by atoms with Crippen LogP contribution in [-0.4, -0.2) is 11.7 Å². The molecule has 3 N–H and O–H groups in total. The number of Topliss-reactive ketones (excluding diaryl/α,β-unsaturated/α-hetero) is 1. The number of fused-ring (bicyclic) bond motifs is 1. The number of hydrogen-bond donors (Lipinski definition) is 2. The second-order valence-electron chi connectivity index (χ2n) is 5.08. The largest absolute Gasteiger partial charge is 0.324 e. The third-order valence-electron chi connectivity index (χ3n) is 3.65. The number of ketones is 1. The second-order valence-corrected chi connectivity index (χ2v) is 5.52. The van der Waals surface area contributed by atoms with E-state index >= 15 is 0 Å². The molecule has 1 aliphatic rings. The highest BCUT2D eigenvalue weighted by molar-refractivity contribution is 6.31. The van der Waals surface area contributed by atoms with Gasteiger partial charge in [-0.2, -0.15) is 0 Å². The fourth-order valence-corrected chi connectivity index (χ4v) is 2.69. The Labute approximate surface area is 126 Å². The van der Waals surface area contributed by atoms with Crippen LogP contribution in [0.15, 0.2) is 48.5 Å². The van der Waals surface area contributed by atoms with Gasteiger partial charge in [-0.1, -0.05) is 48.0 Å². The standard InChI is InChI=1S/C16H13ClN2O2/c17-11-6-7-12-13(8-11)19-15(21)16(12,18)9-14(20)10-4-2-1-3-5-10/h1-8H,9,18H2,(H,19,21). The number of halogens is 1. The van der Waals surface area contributed by atoms with E-state index in [1.807, 2.05) is 6.07 Å². The van der Waals surface area contributed by atoms with Crippen LogP contribution in [0.2, 0.25) is 5.02 Å². The minimum Gasteiger partial charge on any atom is -0.324 e. The summed E-state index contributed by atoms with van der Waals surface area (Å²) in [6.45, 7) is 0. The fourth-order valence-electron chi connectivity index (χ4n) is 2.52. The van der Waals surface area contributed by atoms with Gasteiger partial charge in [0.2, 0.25) is 5.91 Å². The molecule has 1 heterocycles. The van der Waals surface area contributed by atoms with E-state index in [9.17, 15) is 9.59 Å². The maximum Gasteiger partial charge on any atom is 0.249 e. The van der Waals surface area contributed by atoms with E-state index in [2.05, 4.69) is 5.32 Å². The summed E-state index contributed by atoms with van der Waals surface area (Å²) in [6.07, 6.45) is -0.0858. The van der Waals surface area contributed by atoms with Crippen molar-refractivity contribution < 1.29 is 9.59 Å². The molecule has 0 fully saturated rings. The van der Waals surface area contributed by atoms with Crippen molar-refractivity contribution in [3.05, 3.63) is 64.7 Å². The van der Waals surface area contributed by atoms with E-state index in [4.69, 9.17) is 17.3 Å². The molecule has 1 aliphatic heterocycles. The Morgan fingerprint density at radius 2 is 1.90 bits per heavy atom. The van der Waals surface area contributed by atoms with Gasteiger partial charge in [-0.3, -0.25) is 9.59 Å². The van der Waals surface area contributed by atoms with Crippen LogP contribution in [0.25, 0.3) is 0 Å². The zero-order valence-electron chi connectivity index (χ0n) is 11.1. The van der Waals surface area contributed by atoms with E-state index in [1.165, 1.54) is 0 Å². The average Bonchev–Trinajstić information content (AvgIpc) is 2.70. The molecule has 0 spiro atoms. The summed E-state index contributed by atoms with van der Waals surface area (Å²) in [5, 5.41) is 3.19. The first-order chi connectivity index (χ1) is 10.0. The smallest absolute Gasteiger partial charge is 0.249 e. The third-order valence-corrected chi connectivity index (χ3v) is 3.89. The van der Waals surface area contributed by atoms with Gasteiger partial charge < -0.3 is 11.1 Å². The zero-order valence-corrected chi connectivity index (χ0v) is 11.9. The van der Waals surface area contributed by atoms with Gasteiger partial charge in [0.05, 0.1) is 0 Å². The maximum atomic E-state index is 12.3. The number of benzene rings is 2. The maximum absolute atomic E-state index is 12.3. The van der Waals surface area contributed by atoms with Gasteiger partial charge in [0.1, 0.15) is 5.54 Å². The van der Waals surface area contributed by atoms with Crippen LogP contribution >= 0.6 is 11.6 Å². The van der Waals surface area contributed by atoms with E-state index in [0.717, 1.165) is 0 Å². The quantitative estimate of drug-likeness (QED) is 0.856. The summed E-state index contributed by atoms with van der Waals surface area (Å²) in [5.41, 5.74) is 6.58. The molecular formula is C16H13ClN2O2. The van der Waals surface area contributed by atoms with Gasteiger partial charge in [-0.25, -0.2) is 0 Å². The molecule has 0 radical (unpaired) electrons. The molecule has 3 rings (SSSR count). The molecule has 5 heteroatoms. The molecule has 0 bridgehead atoms. The molecule has 4 nitrogen and oxygen atoms in total. The van der Waals surface area contributed by atoms with Gasteiger partial charge in [-0.05, 0) is 12.1 Å². The topological polar surface area (TPSA) is 72.2 Å². The first-order valence-corrected chi connectivity index (χ1v) is 6.87. The number of hydrogen-bond acceptors (Lipinski definition) is 3. The van der Waals surface area contributed by atoms with Crippen molar-refractivity contribution in [3.8, 4) is 0 Å². The number of anilines is 1. The first-order valence-electron chi connectivity index (χ1n) is 6.49. The van der Waals surface area contributed by atoms with Crippen molar-refractivity contribution in [1.82, 2.24) is 0 Å². The monoisotopic (exact) mass is 300 g/mol. The summed E-state index contributed by atoms with van der Waals surface area (Å²) in [7, 11) is 0. The Bertz CT molecular complexity index is 730. The van der Waals surface area contributed by atoms with Crippen LogP contribution < -0.4 is 11.1 Å². The lowest BCUT2D eigenvalue weighted by Gasteiger charge is -2.21. The van der Waals surface area contributed by atoms with Crippen molar-refractivity contribution in [2.24, 2.45) is 5.73 Å². The molecular weight excluding hydrogens is 288 g/mol. The van der Waals surface area contributed by atoms with Crippen molar-refractivity contribution >= 4 is 29.0 Å². The highest BCUT2D eigenvalue weighted by Crippen LogP contribution is 2.38. The van der Waals surface area contributed by atoms with Gasteiger partial charge >= 0.3 is 0 Å². The van der Waals surface area contributed by atoms with Gasteiger partial charge in [0.25, 0.3) is 0 Å². The Balaban J connectivity index is 1.95. The Morgan fingerprint density at radius 1 is 1.19 bits per heavy atom. The molecule has 2 aromatic rings. The lowest BCUT2D eigenvalue weighted by atomic mass is 9.86. The lowest BCUT2D eigenvalue weighted by Crippen LogP contribution is -2.45. The van der Waals surface area contributed by atoms with Crippen molar-refractivity contribution in [3.63, 3.8) is 0 Å². The van der Waals surface area contributed by atoms with E-state index < -0.39 is 5.54 Å². The molecule has 1 atom stereocenters. The predicted octanol–water partition coefficient (Wildman–Crippen LogP) is 2.72. The van der Waals surface area contributed by atoms with Crippen molar-refractivity contribution in [2.75, 3.05) is 5.32 Å². The fraction of sp³-hybridized carbons (Fsp3) is 0.125. The normalized spacial score (nSPS) is 20.0. The number of rotatable bonds is 3. The second kappa shape index (κ2) is 4.98. The number of nitrogens with one attached hydrogen (secondary N) is 1. The van der Waals surface area contributed by atoms with Gasteiger partial charge in [-0.15, -0.1) is 0 Å². The molecule has 0 aliphatic carbocycles. The summed E-state index contributed by atoms with van der Waals surface area (Å²) in [4.78, 5) is 24.5. The summed E-state index contributed by atoms with van der Waals surface area (Å²) in [5.74, 6) is -0.555. The van der Waals surface area contributed by atoms with Crippen LogP contribution in [0.5, 0.6) is 0 Å². The molecule has 1 unspecified atom stereocenters. The van der Waals surface area contributed by atoms with Crippen LogP contribution in [0.3, 0.4) is 0 Å². The lowest BCUT2D eigenvalue weighted by molar-refractivity contribution is -0.120. The van der Waals surface area contributed by atoms with E-state index in [0.29, 0.717) is 21.8 Å². The molecule has 0 saturated heterocycles. The molecule has 106 valence electrons. The summed E-state index contributed by atoms with van der Waals surface area (Å²) >= 11 is 5.91. The molecule has 0 aromatic heterocycles. The SMILES string of the molecule is NC1(CC(=O)c2ccccc2)C(=O)Nc2cc(Cl)ccc21. The number of carbonyl (C=O) groups excluding carboxylic acids is 2. The number of amides is 1. The van der Waals surface area contributed by atoms with Crippen LogP contribution in [0.4, 0.5) is 5.69 Å². The average molecular weight is 301 g/mol. The third kappa shape index (κ3) is 2.33. The first kappa shape index (κ1) is 13.8. The molecule has 21 heavy (non-hydrogen) atoms. The molecule has 0 saturated carbocycles. The Morgan fingerprint density at radius 3 is 2.62 bits per heavy atom. The van der Waals surface area contributed by atoms with Gasteiger partial charge in [0, 0.05) is 28.3 Å². The number of carbonyl (C=O) groups is 2. The Kier molecular flexibility index (Phi) is 3.27. The number of nitrogens with two attached hydrogens (primary N) is 1. The summed E-state index contributed by atoms with van der Waals surface area (Å²) < 4.78 is 0. The highest BCUT2D eigenvalue weighted by atomic mass is 35.5. The van der Waals surface area contributed by atoms with E-state index in [1.54, 1.807) is 42.5 Å². The Hall–Kier alpha value is -2.17. The minimum atomic E-state index is -1.35. The predicted molar refractivity (Wildman–Crippen MR) is 81.3 cm³/mol. The van der Waals surface area contributed by atoms with Gasteiger partial charge in [0.15, 0.2) is 5.78 Å². The molecule has 1 amide bonds. The highest BCUT2D eigenvalue weighted by Gasteiger charge is 2.45. The van der Waals surface area contributed by atoms with E-state index in [-0.39, 0.29) is 18.1 Å². The minimum absolute atomic E-state index is 0.0858. The van der Waals surface area contributed by atoms with Crippen molar-refractivity contribution in [2.45, 2.75) is 12.0 Å². The van der Waals surface area contributed by atoms with Crippen LogP contribution in [0, 0.1) is 0 Å². The van der Waals surface area contributed by atoms with Crippen LogP contribution in [-0.2, 0) is 10.3 Å². The van der Waals surface area contributed by atoms with Crippen molar-refractivity contribution in [1.29, 1.82) is 0 Å².